The molecule has 0 bridgehead atoms. The van der Waals surface area contributed by atoms with Gasteiger partial charge in [0.25, 0.3) is 0 Å². The topological polar surface area (TPSA) is 48.1 Å². The summed E-state index contributed by atoms with van der Waals surface area (Å²) in [5.41, 5.74) is 2.60. The maximum absolute atomic E-state index is 12.3. The quantitative estimate of drug-likeness (QED) is 0.880. The first-order chi connectivity index (χ1) is 11.1. The first kappa shape index (κ1) is 15.9. The van der Waals surface area contributed by atoms with Crippen LogP contribution in [0.3, 0.4) is 0 Å². The van der Waals surface area contributed by atoms with Crippen molar-refractivity contribution < 1.29 is 4.79 Å². The highest BCUT2D eigenvalue weighted by Crippen LogP contribution is 2.33. The summed E-state index contributed by atoms with van der Waals surface area (Å²) in [7, 11) is 0. The highest BCUT2D eigenvalue weighted by Gasteiger charge is 2.26. The summed E-state index contributed by atoms with van der Waals surface area (Å²) in [5, 5.41) is 4.43. The summed E-state index contributed by atoms with van der Waals surface area (Å²) >= 11 is 0. The molecule has 1 atom stereocenters. The second kappa shape index (κ2) is 6.65. The van der Waals surface area contributed by atoms with E-state index in [1.165, 1.54) is 16.5 Å². The van der Waals surface area contributed by atoms with Crippen LogP contribution in [0.5, 0.6) is 0 Å². The number of carbonyl (C=O) groups is 1. The van der Waals surface area contributed by atoms with Gasteiger partial charge in [0.2, 0.25) is 0 Å². The molecule has 4 heteroatoms. The number of carbonyl (C=O) groups excluding carboxylic acids is 1. The van der Waals surface area contributed by atoms with Crippen LogP contribution in [0.15, 0.2) is 30.5 Å². The number of nitrogens with zero attached hydrogens (tertiary/aromatic N) is 1. The van der Waals surface area contributed by atoms with Crippen LogP contribution in [-0.4, -0.2) is 35.0 Å². The molecule has 4 nitrogen and oxygen atoms in total. The number of H-pyrrole nitrogens is 1. The van der Waals surface area contributed by atoms with E-state index in [0.717, 1.165) is 25.9 Å². The normalized spacial score (nSPS) is 17.7. The van der Waals surface area contributed by atoms with Crippen molar-refractivity contribution in [2.75, 3.05) is 13.1 Å². The third-order valence-electron chi connectivity index (χ3n) is 5.19. The standard InChI is InChI=1S/C19H27N3O/c1-13(2)14(3)21-19(23)22-10-8-15(9-11-22)17-12-20-18-7-5-4-6-16(17)18/h4-7,12-15,20H,8-11H2,1-3H3,(H,21,23). The molecule has 2 aromatic rings. The van der Waals surface area contributed by atoms with Gasteiger partial charge >= 0.3 is 6.03 Å². The summed E-state index contributed by atoms with van der Waals surface area (Å²) in [5.74, 6) is 1.00. The van der Waals surface area contributed by atoms with E-state index in [1.807, 2.05) is 4.90 Å². The molecule has 3 rings (SSSR count). The average Bonchev–Trinajstić information content (AvgIpc) is 2.99. The minimum Gasteiger partial charge on any atom is -0.361 e. The van der Waals surface area contributed by atoms with Crippen LogP contribution in [0.2, 0.25) is 0 Å². The summed E-state index contributed by atoms with van der Waals surface area (Å²) in [6.07, 6.45) is 4.21. The Hall–Kier alpha value is -1.97. The lowest BCUT2D eigenvalue weighted by Crippen LogP contribution is -2.48. The number of hydrogen-bond acceptors (Lipinski definition) is 1. The molecule has 1 fully saturated rings. The first-order valence-electron chi connectivity index (χ1n) is 8.67. The Labute approximate surface area is 138 Å². The number of urea groups is 1. The zero-order valence-electron chi connectivity index (χ0n) is 14.3. The molecule has 2 N–H and O–H groups in total. The molecule has 23 heavy (non-hydrogen) atoms. The number of benzene rings is 1. The Morgan fingerprint density at radius 1 is 1.22 bits per heavy atom. The Balaban J connectivity index is 1.61. The minimum absolute atomic E-state index is 0.0866. The minimum atomic E-state index is 0.0866. The lowest BCUT2D eigenvalue weighted by molar-refractivity contribution is 0.175. The van der Waals surface area contributed by atoms with Gasteiger partial charge in [-0.15, -0.1) is 0 Å². The van der Waals surface area contributed by atoms with Crippen LogP contribution in [0.1, 0.15) is 45.1 Å². The van der Waals surface area contributed by atoms with Crippen molar-refractivity contribution in [3.8, 4) is 0 Å². The Morgan fingerprint density at radius 3 is 2.61 bits per heavy atom. The zero-order valence-corrected chi connectivity index (χ0v) is 14.3. The molecule has 1 aromatic carbocycles. The van der Waals surface area contributed by atoms with Crippen molar-refractivity contribution in [2.45, 2.75) is 45.6 Å². The van der Waals surface area contributed by atoms with Crippen molar-refractivity contribution in [3.05, 3.63) is 36.0 Å². The maximum Gasteiger partial charge on any atom is 0.317 e. The summed E-state index contributed by atoms with van der Waals surface area (Å²) in [6, 6.07) is 8.76. The molecular weight excluding hydrogens is 286 g/mol. The number of hydrogen-bond donors (Lipinski definition) is 2. The van der Waals surface area contributed by atoms with Gasteiger partial charge in [-0.3, -0.25) is 0 Å². The zero-order chi connectivity index (χ0) is 16.4. The van der Waals surface area contributed by atoms with Gasteiger partial charge in [-0.1, -0.05) is 32.0 Å². The van der Waals surface area contributed by atoms with Crippen molar-refractivity contribution in [2.24, 2.45) is 5.92 Å². The van der Waals surface area contributed by atoms with E-state index in [0.29, 0.717) is 11.8 Å². The molecule has 1 aliphatic heterocycles. The van der Waals surface area contributed by atoms with E-state index in [9.17, 15) is 4.79 Å². The molecule has 1 aliphatic rings. The number of aromatic nitrogens is 1. The number of rotatable bonds is 3. The molecule has 1 aromatic heterocycles. The summed E-state index contributed by atoms with van der Waals surface area (Å²) in [4.78, 5) is 17.7. The summed E-state index contributed by atoms with van der Waals surface area (Å²) in [6.45, 7) is 8.01. The number of piperidine rings is 1. The molecule has 0 aliphatic carbocycles. The van der Waals surface area contributed by atoms with E-state index in [1.54, 1.807) is 0 Å². The summed E-state index contributed by atoms with van der Waals surface area (Å²) < 4.78 is 0. The van der Waals surface area contributed by atoms with E-state index in [4.69, 9.17) is 0 Å². The van der Waals surface area contributed by atoms with E-state index in [-0.39, 0.29) is 12.1 Å². The van der Waals surface area contributed by atoms with Gasteiger partial charge in [0.15, 0.2) is 0 Å². The van der Waals surface area contributed by atoms with Crippen LogP contribution in [0.4, 0.5) is 4.79 Å². The van der Waals surface area contributed by atoms with Crippen molar-refractivity contribution in [1.82, 2.24) is 15.2 Å². The van der Waals surface area contributed by atoms with Crippen molar-refractivity contribution in [1.29, 1.82) is 0 Å². The predicted molar refractivity (Wildman–Crippen MR) is 94.7 cm³/mol. The molecule has 0 spiro atoms. The molecule has 1 unspecified atom stereocenters. The van der Waals surface area contributed by atoms with Crippen LogP contribution >= 0.6 is 0 Å². The fourth-order valence-electron chi connectivity index (χ4n) is 3.28. The average molecular weight is 313 g/mol. The molecule has 124 valence electrons. The number of para-hydroxylation sites is 1. The smallest absolute Gasteiger partial charge is 0.317 e. The third-order valence-corrected chi connectivity index (χ3v) is 5.19. The molecule has 1 saturated heterocycles. The second-order valence-corrected chi connectivity index (χ2v) is 7.03. The predicted octanol–water partition coefficient (Wildman–Crippen LogP) is 4.10. The van der Waals surface area contributed by atoms with Gasteiger partial charge in [-0.2, -0.15) is 0 Å². The number of likely N-dealkylation sites (tertiary alicyclic amines) is 1. The largest absolute Gasteiger partial charge is 0.361 e. The van der Waals surface area contributed by atoms with Crippen LogP contribution < -0.4 is 5.32 Å². The lowest BCUT2D eigenvalue weighted by atomic mass is 9.89. The van der Waals surface area contributed by atoms with Gasteiger partial charge in [-0.05, 0) is 43.2 Å². The van der Waals surface area contributed by atoms with Crippen LogP contribution in [0, 0.1) is 5.92 Å². The maximum atomic E-state index is 12.3. The van der Waals surface area contributed by atoms with Gasteiger partial charge in [0, 0.05) is 36.2 Å². The van der Waals surface area contributed by atoms with E-state index >= 15 is 0 Å². The van der Waals surface area contributed by atoms with E-state index < -0.39 is 0 Å². The molecule has 0 saturated carbocycles. The first-order valence-corrected chi connectivity index (χ1v) is 8.67. The Kier molecular flexibility index (Phi) is 4.60. The number of aromatic amines is 1. The molecular formula is C19H27N3O. The van der Waals surface area contributed by atoms with Crippen LogP contribution in [0.25, 0.3) is 10.9 Å². The van der Waals surface area contributed by atoms with Crippen molar-refractivity contribution in [3.63, 3.8) is 0 Å². The fraction of sp³-hybridized carbons (Fsp3) is 0.526. The number of nitrogens with one attached hydrogen (secondary N) is 2. The Morgan fingerprint density at radius 2 is 1.91 bits per heavy atom. The monoisotopic (exact) mass is 313 g/mol. The van der Waals surface area contributed by atoms with Crippen molar-refractivity contribution >= 4 is 16.9 Å². The second-order valence-electron chi connectivity index (χ2n) is 7.03. The third kappa shape index (κ3) is 3.36. The Bertz CT molecular complexity index is 668. The highest BCUT2D eigenvalue weighted by molar-refractivity contribution is 5.83. The van der Waals surface area contributed by atoms with Gasteiger partial charge < -0.3 is 15.2 Å². The SMILES string of the molecule is CC(C)C(C)NC(=O)N1CCC(c2c[nH]c3ccccc23)CC1. The van der Waals surface area contributed by atoms with Crippen LogP contribution in [-0.2, 0) is 0 Å². The van der Waals surface area contributed by atoms with E-state index in [2.05, 4.69) is 61.5 Å². The van der Waals surface area contributed by atoms with Gasteiger partial charge in [-0.25, -0.2) is 4.79 Å². The fourth-order valence-corrected chi connectivity index (χ4v) is 3.28. The lowest BCUT2D eigenvalue weighted by Gasteiger charge is -2.33. The van der Waals surface area contributed by atoms with Gasteiger partial charge in [0.05, 0.1) is 0 Å². The molecule has 2 heterocycles. The molecule has 0 radical (unpaired) electrons. The molecule has 2 amide bonds. The number of amides is 2. The highest BCUT2D eigenvalue weighted by atomic mass is 16.2. The van der Waals surface area contributed by atoms with Gasteiger partial charge in [0.1, 0.15) is 0 Å². The number of fused-ring (bicyclic) bond motifs is 1.